The van der Waals surface area contributed by atoms with E-state index >= 15 is 0 Å². The normalized spacial score (nSPS) is 12.1. The first-order valence-corrected chi connectivity index (χ1v) is 6.13. The first-order valence-electron chi connectivity index (χ1n) is 5.15. The molecular formula is C13H17NS. The molecule has 1 nitrogen and oxygen atoms in total. The summed E-state index contributed by atoms with van der Waals surface area (Å²) in [6.07, 6.45) is 5.43. The zero-order chi connectivity index (χ0) is 11.1. The summed E-state index contributed by atoms with van der Waals surface area (Å²) in [6, 6.07) is 8.66. The number of rotatable bonds is 5. The van der Waals surface area contributed by atoms with Gasteiger partial charge in [0.05, 0.1) is 6.04 Å². The van der Waals surface area contributed by atoms with Gasteiger partial charge in [-0.05, 0) is 25.6 Å². The van der Waals surface area contributed by atoms with Crippen LogP contribution in [0.15, 0.2) is 29.2 Å². The fourth-order valence-electron chi connectivity index (χ4n) is 1.30. The molecule has 0 bridgehead atoms. The van der Waals surface area contributed by atoms with Crippen molar-refractivity contribution in [3.63, 3.8) is 0 Å². The van der Waals surface area contributed by atoms with Gasteiger partial charge in [0.25, 0.3) is 0 Å². The molecule has 0 aliphatic heterocycles. The third-order valence-corrected chi connectivity index (χ3v) is 3.15. The lowest BCUT2D eigenvalue weighted by Gasteiger charge is -2.10. The average Bonchev–Trinajstić information content (AvgIpc) is 2.24. The van der Waals surface area contributed by atoms with Crippen LogP contribution in [0.1, 0.15) is 12.5 Å². The molecule has 0 spiro atoms. The minimum atomic E-state index is 0.167. The Morgan fingerprint density at radius 1 is 1.53 bits per heavy atom. The van der Waals surface area contributed by atoms with Crippen LogP contribution in [0.5, 0.6) is 0 Å². The van der Waals surface area contributed by atoms with E-state index in [0.717, 1.165) is 12.3 Å². The lowest BCUT2D eigenvalue weighted by molar-refractivity contribution is 0.684. The summed E-state index contributed by atoms with van der Waals surface area (Å²) < 4.78 is 0. The third-order valence-electron chi connectivity index (χ3n) is 2.06. The second-order valence-corrected chi connectivity index (χ2v) is 4.50. The van der Waals surface area contributed by atoms with Gasteiger partial charge in [0.15, 0.2) is 0 Å². The fraction of sp³-hybridized carbons (Fsp3) is 0.385. The molecule has 80 valence electrons. The molecule has 0 aromatic heterocycles. The highest BCUT2D eigenvalue weighted by Gasteiger charge is 2.03. The molecule has 1 aromatic rings. The molecule has 1 atom stereocenters. The third kappa shape index (κ3) is 4.42. The Balaban J connectivity index is 2.46. The van der Waals surface area contributed by atoms with Crippen LogP contribution in [-0.4, -0.2) is 18.3 Å². The molecule has 15 heavy (non-hydrogen) atoms. The zero-order valence-corrected chi connectivity index (χ0v) is 10.1. The molecule has 0 saturated carbocycles. The number of aryl methyl sites for hydroxylation is 1. The van der Waals surface area contributed by atoms with Gasteiger partial charge < -0.3 is 5.32 Å². The second kappa shape index (κ2) is 6.55. The zero-order valence-electron chi connectivity index (χ0n) is 9.29. The van der Waals surface area contributed by atoms with Crippen LogP contribution in [-0.2, 0) is 0 Å². The minimum absolute atomic E-state index is 0.167. The lowest BCUT2D eigenvalue weighted by atomic mass is 10.2. The monoisotopic (exact) mass is 219 g/mol. The highest BCUT2D eigenvalue weighted by Crippen LogP contribution is 2.19. The van der Waals surface area contributed by atoms with Gasteiger partial charge in [0.2, 0.25) is 0 Å². The van der Waals surface area contributed by atoms with Crippen LogP contribution < -0.4 is 5.32 Å². The highest BCUT2D eigenvalue weighted by molar-refractivity contribution is 7.99. The fourth-order valence-corrected chi connectivity index (χ4v) is 2.31. The summed E-state index contributed by atoms with van der Waals surface area (Å²) in [5.74, 6) is 3.68. The predicted molar refractivity (Wildman–Crippen MR) is 68.2 cm³/mol. The van der Waals surface area contributed by atoms with E-state index in [1.807, 2.05) is 0 Å². The van der Waals surface area contributed by atoms with Crippen molar-refractivity contribution in [1.29, 1.82) is 0 Å². The maximum Gasteiger partial charge on any atom is 0.0782 e. The van der Waals surface area contributed by atoms with E-state index in [2.05, 4.69) is 49.4 Å². The SMILES string of the molecule is C#CC(CSc1cccc(C)c1)NCC. The Morgan fingerprint density at radius 3 is 2.93 bits per heavy atom. The maximum absolute atomic E-state index is 5.43. The minimum Gasteiger partial charge on any atom is -0.303 e. The molecule has 0 aliphatic rings. The van der Waals surface area contributed by atoms with Crippen LogP contribution in [0, 0.1) is 19.3 Å². The predicted octanol–water partition coefficient (Wildman–Crippen LogP) is 2.70. The Morgan fingerprint density at radius 2 is 2.33 bits per heavy atom. The molecule has 0 radical (unpaired) electrons. The Bertz CT molecular complexity index is 341. The number of hydrogen-bond acceptors (Lipinski definition) is 2. The van der Waals surface area contributed by atoms with Gasteiger partial charge in [-0.1, -0.05) is 30.5 Å². The average molecular weight is 219 g/mol. The summed E-state index contributed by atoms with van der Waals surface area (Å²) >= 11 is 1.80. The molecule has 0 amide bonds. The van der Waals surface area contributed by atoms with E-state index in [1.165, 1.54) is 10.5 Å². The van der Waals surface area contributed by atoms with Crippen LogP contribution in [0.2, 0.25) is 0 Å². The van der Waals surface area contributed by atoms with Crippen molar-refractivity contribution in [2.75, 3.05) is 12.3 Å². The van der Waals surface area contributed by atoms with Gasteiger partial charge in [0, 0.05) is 10.6 Å². The van der Waals surface area contributed by atoms with E-state index in [4.69, 9.17) is 6.42 Å². The van der Waals surface area contributed by atoms with E-state index in [1.54, 1.807) is 11.8 Å². The molecule has 0 saturated heterocycles. The van der Waals surface area contributed by atoms with Gasteiger partial charge in [-0.15, -0.1) is 18.2 Å². The summed E-state index contributed by atoms with van der Waals surface area (Å²) in [4.78, 5) is 1.29. The summed E-state index contributed by atoms with van der Waals surface area (Å²) in [5, 5.41) is 3.26. The number of hydrogen-bond donors (Lipinski definition) is 1. The smallest absolute Gasteiger partial charge is 0.0782 e. The van der Waals surface area contributed by atoms with Crippen molar-refractivity contribution in [2.45, 2.75) is 24.8 Å². The van der Waals surface area contributed by atoms with Gasteiger partial charge in [-0.2, -0.15) is 0 Å². The summed E-state index contributed by atoms with van der Waals surface area (Å²) in [6.45, 7) is 5.10. The summed E-state index contributed by atoms with van der Waals surface area (Å²) in [7, 11) is 0. The van der Waals surface area contributed by atoms with Crippen LogP contribution in [0.4, 0.5) is 0 Å². The Kier molecular flexibility index (Phi) is 5.31. The van der Waals surface area contributed by atoms with Gasteiger partial charge in [-0.25, -0.2) is 0 Å². The van der Waals surface area contributed by atoms with Crippen molar-refractivity contribution >= 4 is 11.8 Å². The largest absolute Gasteiger partial charge is 0.303 e. The molecular weight excluding hydrogens is 202 g/mol. The molecule has 1 aromatic carbocycles. The summed E-state index contributed by atoms with van der Waals surface area (Å²) in [5.41, 5.74) is 1.29. The Labute approximate surface area is 96.7 Å². The number of thioether (sulfide) groups is 1. The van der Waals surface area contributed by atoms with Crippen molar-refractivity contribution in [3.8, 4) is 12.3 Å². The van der Waals surface area contributed by atoms with E-state index in [0.29, 0.717) is 0 Å². The lowest BCUT2D eigenvalue weighted by Crippen LogP contribution is -2.29. The van der Waals surface area contributed by atoms with Crippen molar-refractivity contribution in [3.05, 3.63) is 29.8 Å². The molecule has 1 unspecified atom stereocenters. The number of nitrogens with one attached hydrogen (secondary N) is 1. The topological polar surface area (TPSA) is 12.0 Å². The number of benzene rings is 1. The van der Waals surface area contributed by atoms with Crippen molar-refractivity contribution in [2.24, 2.45) is 0 Å². The number of terminal acetylenes is 1. The molecule has 1 rings (SSSR count). The molecule has 0 heterocycles. The van der Waals surface area contributed by atoms with Crippen molar-refractivity contribution < 1.29 is 0 Å². The molecule has 2 heteroatoms. The van der Waals surface area contributed by atoms with Crippen LogP contribution >= 0.6 is 11.8 Å². The Hall–Kier alpha value is -0.910. The van der Waals surface area contributed by atoms with E-state index < -0.39 is 0 Å². The van der Waals surface area contributed by atoms with Crippen LogP contribution in [0.3, 0.4) is 0 Å². The molecule has 1 N–H and O–H groups in total. The van der Waals surface area contributed by atoms with E-state index in [9.17, 15) is 0 Å². The van der Waals surface area contributed by atoms with Crippen molar-refractivity contribution in [1.82, 2.24) is 5.32 Å². The first kappa shape index (κ1) is 12.2. The van der Waals surface area contributed by atoms with Gasteiger partial charge in [-0.3, -0.25) is 0 Å². The van der Waals surface area contributed by atoms with Gasteiger partial charge >= 0.3 is 0 Å². The van der Waals surface area contributed by atoms with Gasteiger partial charge in [0.1, 0.15) is 0 Å². The first-order chi connectivity index (χ1) is 7.26. The van der Waals surface area contributed by atoms with Crippen LogP contribution in [0.25, 0.3) is 0 Å². The quantitative estimate of drug-likeness (QED) is 0.603. The second-order valence-electron chi connectivity index (χ2n) is 3.40. The highest BCUT2D eigenvalue weighted by atomic mass is 32.2. The standard InChI is InChI=1S/C13H17NS/c1-4-12(14-5-2)10-15-13-8-6-7-11(3)9-13/h1,6-9,12,14H,5,10H2,2-3H3. The molecule has 0 aliphatic carbocycles. The van der Waals surface area contributed by atoms with E-state index in [-0.39, 0.29) is 6.04 Å². The maximum atomic E-state index is 5.43. The molecule has 0 fully saturated rings.